The molecule has 0 spiro atoms. The molecule has 8 nitrogen and oxygen atoms in total. The van der Waals surface area contributed by atoms with E-state index in [4.69, 9.17) is 9.47 Å². The number of rotatable bonds is 6. The monoisotopic (exact) mass is 454 g/mol. The van der Waals surface area contributed by atoms with Crippen LogP contribution in [-0.4, -0.2) is 41.6 Å². The molecular weight excluding hydrogens is 432 g/mol. The molecule has 2 aromatic carbocycles. The van der Waals surface area contributed by atoms with Crippen molar-refractivity contribution >= 4 is 46.5 Å². The Balaban J connectivity index is 1.74. The van der Waals surface area contributed by atoms with Crippen molar-refractivity contribution < 1.29 is 28.7 Å². The minimum absolute atomic E-state index is 0.178. The van der Waals surface area contributed by atoms with E-state index in [1.807, 2.05) is 32.0 Å². The van der Waals surface area contributed by atoms with Crippen LogP contribution in [0.25, 0.3) is 6.08 Å². The minimum Gasteiger partial charge on any atom is -0.493 e. The SMILES string of the molecule is COc1cc(/C=C2\SC(=O)N(CC(=O)Nc3cc(C)ccc3C)C2=O)ccc1OC(C)=O. The smallest absolute Gasteiger partial charge is 0.308 e. The molecule has 0 radical (unpaired) electrons. The summed E-state index contributed by atoms with van der Waals surface area (Å²) in [5.74, 6) is -0.959. The number of aryl methyl sites for hydroxylation is 2. The normalized spacial score (nSPS) is 14.6. The van der Waals surface area contributed by atoms with Gasteiger partial charge in [-0.1, -0.05) is 18.2 Å². The number of esters is 1. The van der Waals surface area contributed by atoms with Gasteiger partial charge in [0.2, 0.25) is 5.91 Å². The fourth-order valence-corrected chi connectivity index (χ4v) is 3.84. The van der Waals surface area contributed by atoms with Gasteiger partial charge >= 0.3 is 5.97 Å². The van der Waals surface area contributed by atoms with E-state index in [2.05, 4.69) is 5.32 Å². The molecule has 1 aliphatic heterocycles. The Morgan fingerprint density at radius 1 is 1.09 bits per heavy atom. The molecule has 0 bridgehead atoms. The van der Waals surface area contributed by atoms with Crippen LogP contribution in [0, 0.1) is 13.8 Å². The number of amides is 3. The largest absolute Gasteiger partial charge is 0.493 e. The number of anilines is 1. The van der Waals surface area contributed by atoms with Gasteiger partial charge in [0.1, 0.15) is 6.54 Å². The van der Waals surface area contributed by atoms with Gasteiger partial charge in [0.15, 0.2) is 11.5 Å². The number of benzene rings is 2. The lowest BCUT2D eigenvalue weighted by Gasteiger charge is -2.14. The van der Waals surface area contributed by atoms with E-state index in [-0.39, 0.29) is 17.2 Å². The minimum atomic E-state index is -0.556. The van der Waals surface area contributed by atoms with Crippen molar-refractivity contribution in [2.75, 3.05) is 19.0 Å². The molecule has 1 N–H and O–H groups in total. The van der Waals surface area contributed by atoms with Gasteiger partial charge in [0.05, 0.1) is 12.0 Å². The summed E-state index contributed by atoms with van der Waals surface area (Å²) >= 11 is 0.751. The van der Waals surface area contributed by atoms with E-state index < -0.39 is 23.0 Å². The summed E-state index contributed by atoms with van der Waals surface area (Å²) in [6.45, 7) is 4.66. The van der Waals surface area contributed by atoms with Crippen molar-refractivity contribution in [3.05, 3.63) is 58.0 Å². The molecule has 166 valence electrons. The van der Waals surface area contributed by atoms with Crippen molar-refractivity contribution in [3.63, 3.8) is 0 Å². The molecule has 32 heavy (non-hydrogen) atoms. The Hall–Kier alpha value is -3.59. The third-order valence-corrected chi connectivity index (χ3v) is 5.49. The Morgan fingerprint density at radius 2 is 1.84 bits per heavy atom. The van der Waals surface area contributed by atoms with Crippen LogP contribution in [0.1, 0.15) is 23.6 Å². The maximum atomic E-state index is 12.7. The van der Waals surface area contributed by atoms with E-state index in [0.29, 0.717) is 17.0 Å². The first-order valence-corrected chi connectivity index (χ1v) is 10.5. The van der Waals surface area contributed by atoms with Crippen molar-refractivity contribution in [3.8, 4) is 11.5 Å². The van der Waals surface area contributed by atoms with E-state index in [0.717, 1.165) is 27.8 Å². The lowest BCUT2D eigenvalue weighted by Crippen LogP contribution is -2.36. The maximum absolute atomic E-state index is 12.7. The molecule has 9 heteroatoms. The topological polar surface area (TPSA) is 102 Å². The van der Waals surface area contributed by atoms with Crippen molar-refractivity contribution in [1.82, 2.24) is 4.90 Å². The molecule has 0 aliphatic carbocycles. The molecule has 0 unspecified atom stereocenters. The van der Waals surface area contributed by atoms with Gasteiger partial charge in [0.25, 0.3) is 11.1 Å². The molecule has 2 aromatic rings. The number of nitrogens with zero attached hydrogens (tertiary/aromatic N) is 1. The second-order valence-corrected chi connectivity index (χ2v) is 8.13. The Bertz CT molecular complexity index is 1140. The molecule has 0 saturated carbocycles. The predicted molar refractivity (Wildman–Crippen MR) is 122 cm³/mol. The fraction of sp³-hybridized carbons (Fsp3) is 0.217. The summed E-state index contributed by atoms with van der Waals surface area (Å²) in [7, 11) is 1.43. The summed E-state index contributed by atoms with van der Waals surface area (Å²) in [5.41, 5.74) is 3.07. The zero-order valence-electron chi connectivity index (χ0n) is 18.1. The summed E-state index contributed by atoms with van der Waals surface area (Å²) in [5, 5.41) is 2.22. The average Bonchev–Trinajstić information content (AvgIpc) is 2.98. The number of nitrogens with one attached hydrogen (secondary N) is 1. The maximum Gasteiger partial charge on any atom is 0.308 e. The van der Waals surface area contributed by atoms with Gasteiger partial charge in [-0.3, -0.25) is 24.1 Å². The third-order valence-electron chi connectivity index (χ3n) is 4.58. The van der Waals surface area contributed by atoms with Crippen LogP contribution in [0.3, 0.4) is 0 Å². The summed E-state index contributed by atoms with van der Waals surface area (Å²) in [4.78, 5) is 49.8. The molecule has 1 fully saturated rings. The molecular formula is C23H22N2O6S. The van der Waals surface area contributed by atoms with Crippen LogP contribution >= 0.6 is 11.8 Å². The molecule has 0 atom stereocenters. The van der Waals surface area contributed by atoms with Gasteiger partial charge in [0, 0.05) is 12.6 Å². The number of thioether (sulfide) groups is 1. The highest BCUT2D eigenvalue weighted by molar-refractivity contribution is 8.18. The van der Waals surface area contributed by atoms with Crippen LogP contribution in [-0.2, 0) is 14.4 Å². The highest BCUT2D eigenvalue weighted by atomic mass is 32.2. The molecule has 3 amide bonds. The van der Waals surface area contributed by atoms with E-state index >= 15 is 0 Å². The molecule has 1 aliphatic rings. The quantitative estimate of drug-likeness (QED) is 0.401. The lowest BCUT2D eigenvalue weighted by molar-refractivity contribution is -0.132. The van der Waals surface area contributed by atoms with Crippen molar-refractivity contribution in [1.29, 1.82) is 0 Å². The molecule has 1 saturated heterocycles. The second-order valence-electron chi connectivity index (χ2n) is 7.14. The molecule has 0 aromatic heterocycles. The first kappa shape index (κ1) is 23.1. The standard InChI is InChI=1S/C23H22N2O6S/c1-13-5-6-14(2)17(9-13)24-21(27)12-25-22(28)20(32-23(25)29)11-16-7-8-18(31-15(3)26)19(10-16)30-4/h5-11H,12H2,1-4H3,(H,24,27)/b20-11-. The first-order chi connectivity index (χ1) is 15.2. The Labute approximate surface area is 189 Å². The van der Waals surface area contributed by atoms with Crippen LogP contribution in [0.15, 0.2) is 41.3 Å². The third kappa shape index (κ3) is 5.36. The number of methoxy groups -OCH3 is 1. The Morgan fingerprint density at radius 3 is 2.53 bits per heavy atom. The number of hydrogen-bond donors (Lipinski definition) is 1. The number of ether oxygens (including phenoxy) is 2. The van der Waals surface area contributed by atoms with Crippen molar-refractivity contribution in [2.45, 2.75) is 20.8 Å². The number of imide groups is 1. The second kappa shape index (κ2) is 9.69. The van der Waals surface area contributed by atoms with Crippen LogP contribution in [0.2, 0.25) is 0 Å². The zero-order chi connectivity index (χ0) is 23.4. The van der Waals surface area contributed by atoms with E-state index in [1.165, 1.54) is 26.2 Å². The number of hydrogen-bond acceptors (Lipinski definition) is 7. The first-order valence-electron chi connectivity index (χ1n) is 9.67. The highest BCUT2D eigenvalue weighted by Gasteiger charge is 2.36. The zero-order valence-corrected chi connectivity index (χ0v) is 18.9. The summed E-state index contributed by atoms with van der Waals surface area (Å²) in [6, 6.07) is 10.4. The van der Waals surface area contributed by atoms with Crippen LogP contribution in [0.5, 0.6) is 11.5 Å². The molecule has 1 heterocycles. The lowest BCUT2D eigenvalue weighted by atomic mass is 10.1. The summed E-state index contributed by atoms with van der Waals surface area (Å²) < 4.78 is 10.3. The summed E-state index contributed by atoms with van der Waals surface area (Å²) in [6.07, 6.45) is 1.52. The van der Waals surface area contributed by atoms with E-state index in [9.17, 15) is 19.2 Å². The van der Waals surface area contributed by atoms with Gasteiger partial charge < -0.3 is 14.8 Å². The van der Waals surface area contributed by atoms with Gasteiger partial charge in [-0.05, 0) is 66.6 Å². The van der Waals surface area contributed by atoms with Crippen molar-refractivity contribution in [2.24, 2.45) is 0 Å². The van der Waals surface area contributed by atoms with Gasteiger partial charge in [-0.2, -0.15) is 0 Å². The number of carbonyl (C=O) groups excluding carboxylic acids is 4. The van der Waals surface area contributed by atoms with Gasteiger partial charge in [-0.15, -0.1) is 0 Å². The predicted octanol–water partition coefficient (Wildman–Crippen LogP) is 3.91. The fourth-order valence-electron chi connectivity index (χ4n) is 3.00. The average molecular weight is 455 g/mol. The van der Waals surface area contributed by atoms with Gasteiger partial charge in [-0.25, -0.2) is 0 Å². The number of carbonyl (C=O) groups is 4. The van der Waals surface area contributed by atoms with Crippen LogP contribution < -0.4 is 14.8 Å². The van der Waals surface area contributed by atoms with Crippen LogP contribution in [0.4, 0.5) is 10.5 Å². The Kier molecular flexibility index (Phi) is 6.99. The molecule has 3 rings (SSSR count). The van der Waals surface area contributed by atoms with E-state index in [1.54, 1.807) is 12.1 Å². The highest BCUT2D eigenvalue weighted by Crippen LogP contribution is 2.34.